The number of aromatic amines is 1. The van der Waals surface area contributed by atoms with Crippen molar-refractivity contribution < 1.29 is 23.1 Å². The number of carbonyl (C=O) groups excluding carboxylic acids is 1. The molecule has 0 aliphatic carbocycles. The maximum absolute atomic E-state index is 13.6. The standard InChI is InChI=1S/C31H31ClF3N5O2/c32-23-5-6-25-20(13-23)7-10-37-28(25)30(42)40-17-19(11-18-1-3-22(4-2-18)31(33,34)35)12-27(40)29(41)38-16-24-14-21-15-36-9-8-26(21)39-24/h1-6,8-9,13-15,19,27-28,30,37,39,42H,7,10-12,16-17H2,(H,38,41). The van der Waals surface area contributed by atoms with E-state index in [2.05, 4.69) is 20.6 Å². The number of alkyl halides is 3. The Morgan fingerprint density at radius 3 is 2.74 bits per heavy atom. The Hall–Kier alpha value is -3.44. The molecule has 0 spiro atoms. The molecule has 4 aromatic rings. The van der Waals surface area contributed by atoms with E-state index in [9.17, 15) is 23.1 Å². The average Bonchev–Trinajstić information content (AvgIpc) is 3.59. The minimum absolute atomic E-state index is 0.0421. The molecule has 0 radical (unpaired) electrons. The second-order valence-electron chi connectivity index (χ2n) is 11.1. The normalized spacial score (nSPS) is 21.8. The highest BCUT2D eigenvalue weighted by Gasteiger charge is 2.43. The lowest BCUT2D eigenvalue weighted by atomic mass is 9.92. The number of aromatic nitrogens is 2. The van der Waals surface area contributed by atoms with E-state index in [1.54, 1.807) is 18.5 Å². The molecule has 0 saturated carbocycles. The molecule has 1 saturated heterocycles. The fourth-order valence-corrected chi connectivity index (χ4v) is 6.46. The van der Waals surface area contributed by atoms with Crippen LogP contribution in [0.4, 0.5) is 13.2 Å². The molecule has 42 heavy (non-hydrogen) atoms. The van der Waals surface area contributed by atoms with Crippen molar-refractivity contribution >= 4 is 28.4 Å². The summed E-state index contributed by atoms with van der Waals surface area (Å²) in [4.78, 5) is 22.9. The van der Waals surface area contributed by atoms with E-state index in [0.717, 1.165) is 51.8 Å². The first-order valence-corrected chi connectivity index (χ1v) is 14.3. The molecular formula is C31H31ClF3N5O2. The zero-order valence-corrected chi connectivity index (χ0v) is 23.4. The van der Waals surface area contributed by atoms with Crippen LogP contribution < -0.4 is 10.6 Å². The van der Waals surface area contributed by atoms with Crippen LogP contribution in [-0.2, 0) is 30.4 Å². The van der Waals surface area contributed by atoms with Gasteiger partial charge >= 0.3 is 6.18 Å². The van der Waals surface area contributed by atoms with Crippen LogP contribution in [0.15, 0.2) is 67.0 Å². The number of halogens is 4. The molecule has 4 N–H and O–H groups in total. The molecule has 4 atom stereocenters. The average molecular weight is 598 g/mol. The number of pyridine rings is 1. The summed E-state index contributed by atoms with van der Waals surface area (Å²) < 4.78 is 39.2. The van der Waals surface area contributed by atoms with Crippen molar-refractivity contribution in [3.8, 4) is 0 Å². The number of hydrogen-bond acceptors (Lipinski definition) is 5. The van der Waals surface area contributed by atoms with Gasteiger partial charge in [-0.2, -0.15) is 13.2 Å². The van der Waals surface area contributed by atoms with Gasteiger partial charge in [0.05, 0.1) is 24.2 Å². The number of likely N-dealkylation sites (tertiary alicyclic amines) is 1. The van der Waals surface area contributed by atoms with Crippen molar-refractivity contribution in [2.45, 2.75) is 50.3 Å². The molecule has 1 amide bonds. The monoisotopic (exact) mass is 597 g/mol. The number of rotatable bonds is 7. The largest absolute Gasteiger partial charge is 0.416 e. The van der Waals surface area contributed by atoms with Gasteiger partial charge in [0, 0.05) is 40.6 Å². The third-order valence-electron chi connectivity index (χ3n) is 8.30. The summed E-state index contributed by atoms with van der Waals surface area (Å²) in [5.41, 5.74) is 3.81. The van der Waals surface area contributed by atoms with E-state index in [1.165, 1.54) is 12.1 Å². The zero-order chi connectivity index (χ0) is 29.4. The smallest absolute Gasteiger partial charge is 0.376 e. The molecule has 0 bridgehead atoms. The Bertz CT molecular complexity index is 1540. The number of amides is 1. The predicted molar refractivity (Wildman–Crippen MR) is 154 cm³/mol. The molecule has 7 nitrogen and oxygen atoms in total. The van der Waals surface area contributed by atoms with Crippen molar-refractivity contribution in [1.29, 1.82) is 0 Å². The maximum Gasteiger partial charge on any atom is 0.416 e. The summed E-state index contributed by atoms with van der Waals surface area (Å²) in [5.74, 6) is -0.257. The molecule has 4 heterocycles. The minimum atomic E-state index is -4.40. The molecule has 4 unspecified atom stereocenters. The Balaban J connectivity index is 1.21. The van der Waals surface area contributed by atoms with E-state index < -0.39 is 30.1 Å². The van der Waals surface area contributed by atoms with Crippen LogP contribution in [0.3, 0.4) is 0 Å². The lowest BCUT2D eigenvalue weighted by Gasteiger charge is -2.37. The van der Waals surface area contributed by atoms with Crippen LogP contribution in [0.2, 0.25) is 5.02 Å². The topological polar surface area (TPSA) is 93.3 Å². The molecule has 11 heteroatoms. The predicted octanol–water partition coefficient (Wildman–Crippen LogP) is 4.99. The summed E-state index contributed by atoms with van der Waals surface area (Å²) in [6.07, 6.45) is -0.227. The van der Waals surface area contributed by atoms with Gasteiger partial charge in [0.2, 0.25) is 5.91 Å². The van der Waals surface area contributed by atoms with Crippen LogP contribution >= 0.6 is 11.6 Å². The number of H-pyrrole nitrogens is 1. The van der Waals surface area contributed by atoms with E-state index in [4.69, 9.17) is 11.6 Å². The highest BCUT2D eigenvalue weighted by atomic mass is 35.5. The van der Waals surface area contributed by atoms with Gasteiger partial charge < -0.3 is 20.7 Å². The molecule has 220 valence electrons. The van der Waals surface area contributed by atoms with Gasteiger partial charge in [0.15, 0.2) is 0 Å². The number of nitrogens with zero attached hydrogens (tertiary/aromatic N) is 2. The van der Waals surface area contributed by atoms with Gasteiger partial charge in [-0.25, -0.2) is 0 Å². The summed E-state index contributed by atoms with van der Waals surface area (Å²) in [6.45, 7) is 1.35. The van der Waals surface area contributed by atoms with E-state index in [1.807, 2.05) is 29.2 Å². The van der Waals surface area contributed by atoms with Crippen LogP contribution in [0.1, 0.15) is 40.4 Å². The van der Waals surface area contributed by atoms with Gasteiger partial charge in [-0.15, -0.1) is 0 Å². The van der Waals surface area contributed by atoms with Gasteiger partial charge in [-0.1, -0.05) is 29.8 Å². The van der Waals surface area contributed by atoms with Crippen molar-refractivity contribution in [3.63, 3.8) is 0 Å². The Kier molecular flexibility index (Phi) is 7.97. The number of carbonyl (C=O) groups is 1. The molecule has 6 rings (SSSR count). The minimum Gasteiger partial charge on any atom is -0.376 e. The van der Waals surface area contributed by atoms with Crippen molar-refractivity contribution in [2.24, 2.45) is 5.92 Å². The Morgan fingerprint density at radius 2 is 1.98 bits per heavy atom. The number of benzene rings is 2. The molecule has 2 aliphatic rings. The summed E-state index contributed by atoms with van der Waals surface area (Å²) >= 11 is 6.22. The number of aliphatic hydroxyl groups is 1. The number of hydrogen-bond donors (Lipinski definition) is 4. The molecular weight excluding hydrogens is 567 g/mol. The maximum atomic E-state index is 13.6. The van der Waals surface area contributed by atoms with Crippen LogP contribution in [0.5, 0.6) is 0 Å². The molecule has 1 fully saturated rings. The van der Waals surface area contributed by atoms with Crippen LogP contribution in [0, 0.1) is 5.92 Å². The fourth-order valence-electron chi connectivity index (χ4n) is 6.26. The fraction of sp³-hybridized carbons (Fsp3) is 0.355. The lowest BCUT2D eigenvalue weighted by Crippen LogP contribution is -2.53. The molecule has 2 aromatic heterocycles. The van der Waals surface area contributed by atoms with Crippen LogP contribution in [-0.4, -0.2) is 51.2 Å². The number of aliphatic hydroxyl groups excluding tert-OH is 1. The van der Waals surface area contributed by atoms with Crippen molar-refractivity contribution in [3.05, 3.63) is 100.0 Å². The Labute approximate surface area is 246 Å². The Morgan fingerprint density at radius 1 is 1.17 bits per heavy atom. The van der Waals surface area contributed by atoms with E-state index >= 15 is 0 Å². The molecule has 2 aromatic carbocycles. The van der Waals surface area contributed by atoms with Gasteiger partial charge in [-0.05, 0) is 84.8 Å². The van der Waals surface area contributed by atoms with Crippen molar-refractivity contribution in [1.82, 2.24) is 25.5 Å². The zero-order valence-electron chi connectivity index (χ0n) is 22.7. The second kappa shape index (κ2) is 11.7. The van der Waals surface area contributed by atoms with Crippen molar-refractivity contribution in [2.75, 3.05) is 13.1 Å². The van der Waals surface area contributed by atoms with Gasteiger partial charge in [0.25, 0.3) is 0 Å². The van der Waals surface area contributed by atoms with Crippen LogP contribution in [0.25, 0.3) is 10.9 Å². The highest BCUT2D eigenvalue weighted by Crippen LogP contribution is 2.35. The third-order valence-corrected chi connectivity index (χ3v) is 8.54. The lowest BCUT2D eigenvalue weighted by molar-refractivity contribution is -0.137. The first-order valence-electron chi connectivity index (χ1n) is 14.0. The molecule has 2 aliphatic heterocycles. The SMILES string of the molecule is O=C(NCc1cc2cnccc2[nH]1)C1CC(Cc2ccc(C(F)(F)F)cc2)CN1C(O)C1NCCc2cc(Cl)ccc21. The van der Waals surface area contributed by atoms with Gasteiger partial charge in [0.1, 0.15) is 6.23 Å². The first kappa shape index (κ1) is 28.7. The van der Waals surface area contributed by atoms with E-state index in [-0.39, 0.29) is 18.4 Å². The summed E-state index contributed by atoms with van der Waals surface area (Å²) in [5, 5.41) is 19.7. The number of fused-ring (bicyclic) bond motifs is 2. The summed E-state index contributed by atoms with van der Waals surface area (Å²) in [7, 11) is 0. The second-order valence-corrected chi connectivity index (χ2v) is 11.6. The first-order chi connectivity index (χ1) is 20.2. The third kappa shape index (κ3) is 6.03. The quantitative estimate of drug-likeness (QED) is 0.241. The van der Waals surface area contributed by atoms with Gasteiger partial charge in [-0.3, -0.25) is 14.7 Å². The van der Waals surface area contributed by atoms with E-state index in [0.29, 0.717) is 31.0 Å². The highest BCUT2D eigenvalue weighted by molar-refractivity contribution is 6.30. The number of nitrogens with one attached hydrogen (secondary N) is 3. The summed E-state index contributed by atoms with van der Waals surface area (Å²) in [6, 6.07) is 13.5.